The van der Waals surface area contributed by atoms with E-state index in [2.05, 4.69) is 41.9 Å². The van der Waals surface area contributed by atoms with Crippen molar-refractivity contribution in [1.29, 1.82) is 0 Å². The minimum Gasteiger partial charge on any atom is -0.325 e. The Balaban J connectivity index is 2.12. The fourth-order valence-corrected chi connectivity index (χ4v) is 4.44. The van der Waals surface area contributed by atoms with Gasteiger partial charge >= 0.3 is 0 Å². The first-order chi connectivity index (χ1) is 7.51. The summed E-state index contributed by atoms with van der Waals surface area (Å²) < 4.78 is 1.21. The summed E-state index contributed by atoms with van der Waals surface area (Å²) in [7, 11) is 0. The van der Waals surface area contributed by atoms with Crippen LogP contribution in [-0.4, -0.2) is 5.54 Å². The third-order valence-electron chi connectivity index (χ3n) is 4.19. The quantitative estimate of drug-likeness (QED) is 0.870. The molecule has 1 heterocycles. The maximum Gasteiger partial charge on any atom is 0.0701 e. The molecule has 90 valence electrons. The van der Waals surface area contributed by atoms with E-state index < -0.39 is 0 Å². The molecule has 0 bridgehead atoms. The zero-order chi connectivity index (χ0) is 11.8. The fraction of sp³-hybridized carbons (Fsp3) is 0.692. The molecule has 16 heavy (non-hydrogen) atoms. The molecule has 2 rings (SSSR count). The lowest BCUT2D eigenvalue weighted by molar-refractivity contribution is 0.144. The largest absolute Gasteiger partial charge is 0.325 e. The standard InChI is InChI=1S/C13H20BrNS/c1-9-4-3-7-13(15,10(9)2)8-11-5-6-12(14)16-11/h5-6,9-10H,3-4,7-8,15H2,1-2H3. The highest BCUT2D eigenvalue weighted by Crippen LogP contribution is 2.39. The molecule has 0 amide bonds. The van der Waals surface area contributed by atoms with E-state index in [1.54, 1.807) is 0 Å². The summed E-state index contributed by atoms with van der Waals surface area (Å²) >= 11 is 5.34. The van der Waals surface area contributed by atoms with Crippen molar-refractivity contribution in [3.8, 4) is 0 Å². The van der Waals surface area contributed by atoms with E-state index in [1.165, 1.54) is 27.9 Å². The SMILES string of the molecule is CC1CCCC(N)(Cc2ccc(Br)s2)C1C. The summed E-state index contributed by atoms with van der Waals surface area (Å²) in [4.78, 5) is 1.41. The van der Waals surface area contributed by atoms with Gasteiger partial charge < -0.3 is 5.73 Å². The summed E-state index contributed by atoms with van der Waals surface area (Å²) in [5.74, 6) is 1.39. The topological polar surface area (TPSA) is 26.0 Å². The number of nitrogens with two attached hydrogens (primary N) is 1. The molecule has 1 aromatic heterocycles. The number of thiophene rings is 1. The molecule has 3 heteroatoms. The second kappa shape index (κ2) is 4.79. The normalized spacial score (nSPS) is 35.2. The maximum absolute atomic E-state index is 6.63. The van der Waals surface area contributed by atoms with Crippen LogP contribution in [0.5, 0.6) is 0 Å². The van der Waals surface area contributed by atoms with Gasteiger partial charge in [-0.3, -0.25) is 0 Å². The molecule has 1 aliphatic rings. The van der Waals surface area contributed by atoms with Crippen molar-refractivity contribution in [2.75, 3.05) is 0 Å². The molecular weight excluding hydrogens is 282 g/mol. The van der Waals surface area contributed by atoms with Crippen LogP contribution in [0.25, 0.3) is 0 Å². The summed E-state index contributed by atoms with van der Waals surface area (Å²) in [6, 6.07) is 4.33. The lowest BCUT2D eigenvalue weighted by atomic mass is 9.67. The molecule has 1 aromatic rings. The average molecular weight is 302 g/mol. The van der Waals surface area contributed by atoms with Crippen molar-refractivity contribution in [1.82, 2.24) is 0 Å². The first-order valence-electron chi connectivity index (χ1n) is 6.04. The minimum absolute atomic E-state index is 0.0158. The van der Waals surface area contributed by atoms with Crippen LogP contribution >= 0.6 is 27.3 Å². The van der Waals surface area contributed by atoms with Gasteiger partial charge in [0.1, 0.15) is 0 Å². The van der Waals surface area contributed by atoms with Crippen LogP contribution in [0.1, 0.15) is 38.0 Å². The molecule has 0 aliphatic heterocycles. The minimum atomic E-state index is 0.0158. The first-order valence-corrected chi connectivity index (χ1v) is 7.65. The van der Waals surface area contributed by atoms with Crippen molar-refractivity contribution >= 4 is 27.3 Å². The van der Waals surface area contributed by atoms with E-state index in [1.807, 2.05) is 11.3 Å². The summed E-state index contributed by atoms with van der Waals surface area (Å²) in [5.41, 5.74) is 6.64. The van der Waals surface area contributed by atoms with E-state index in [9.17, 15) is 0 Å². The summed E-state index contributed by atoms with van der Waals surface area (Å²) in [5, 5.41) is 0. The van der Waals surface area contributed by atoms with Crippen LogP contribution in [0.3, 0.4) is 0 Å². The second-order valence-corrected chi connectivity index (χ2v) is 7.82. The smallest absolute Gasteiger partial charge is 0.0701 e. The second-order valence-electron chi connectivity index (χ2n) is 5.27. The first kappa shape index (κ1) is 12.6. The van der Waals surface area contributed by atoms with Gasteiger partial charge in [0.05, 0.1) is 3.79 Å². The molecule has 3 atom stereocenters. The van der Waals surface area contributed by atoms with E-state index in [0.717, 1.165) is 12.3 Å². The highest BCUT2D eigenvalue weighted by Gasteiger charge is 2.38. The van der Waals surface area contributed by atoms with Gasteiger partial charge in [-0.25, -0.2) is 0 Å². The highest BCUT2D eigenvalue weighted by atomic mass is 79.9. The summed E-state index contributed by atoms with van der Waals surface area (Å²) in [6.07, 6.45) is 4.84. The number of hydrogen-bond acceptors (Lipinski definition) is 2. The van der Waals surface area contributed by atoms with Gasteiger partial charge in [-0.15, -0.1) is 11.3 Å². The molecule has 3 unspecified atom stereocenters. The Labute approximate surface area is 111 Å². The Bertz CT molecular complexity index is 363. The molecule has 1 nitrogen and oxygen atoms in total. The molecule has 1 saturated carbocycles. The van der Waals surface area contributed by atoms with Crippen LogP contribution in [-0.2, 0) is 6.42 Å². The van der Waals surface area contributed by atoms with Crippen molar-refractivity contribution < 1.29 is 0 Å². The van der Waals surface area contributed by atoms with Gasteiger partial charge in [0.15, 0.2) is 0 Å². The lowest BCUT2D eigenvalue weighted by Gasteiger charge is -2.43. The van der Waals surface area contributed by atoms with Gasteiger partial charge in [0, 0.05) is 16.8 Å². The molecule has 0 radical (unpaired) electrons. The predicted octanol–water partition coefficient (Wildman–Crippen LogP) is 4.21. The average Bonchev–Trinajstić information content (AvgIpc) is 2.60. The van der Waals surface area contributed by atoms with Crippen LogP contribution in [0.15, 0.2) is 15.9 Å². The van der Waals surface area contributed by atoms with Crippen LogP contribution in [0.4, 0.5) is 0 Å². The maximum atomic E-state index is 6.63. The van der Waals surface area contributed by atoms with Gasteiger partial charge in [0.25, 0.3) is 0 Å². The molecule has 0 saturated heterocycles. The van der Waals surface area contributed by atoms with E-state index in [4.69, 9.17) is 5.73 Å². The molecule has 2 N–H and O–H groups in total. The van der Waals surface area contributed by atoms with E-state index >= 15 is 0 Å². The van der Waals surface area contributed by atoms with Crippen LogP contribution in [0, 0.1) is 11.8 Å². The molecule has 1 aliphatic carbocycles. The van der Waals surface area contributed by atoms with Gasteiger partial charge in [-0.1, -0.05) is 26.7 Å². The Kier molecular flexibility index (Phi) is 3.77. The molecule has 0 spiro atoms. The van der Waals surface area contributed by atoms with Crippen molar-refractivity contribution in [2.24, 2.45) is 17.6 Å². The van der Waals surface area contributed by atoms with Gasteiger partial charge in [-0.05, 0) is 46.3 Å². The zero-order valence-electron chi connectivity index (χ0n) is 10.0. The molecule has 1 fully saturated rings. The van der Waals surface area contributed by atoms with E-state index in [0.29, 0.717) is 5.92 Å². The number of rotatable bonds is 2. The lowest BCUT2D eigenvalue weighted by Crippen LogP contribution is -2.52. The van der Waals surface area contributed by atoms with Gasteiger partial charge in [-0.2, -0.15) is 0 Å². The van der Waals surface area contributed by atoms with Crippen molar-refractivity contribution in [3.05, 3.63) is 20.8 Å². The Morgan fingerprint density at radius 2 is 2.25 bits per heavy atom. The zero-order valence-corrected chi connectivity index (χ0v) is 12.4. The highest BCUT2D eigenvalue weighted by molar-refractivity contribution is 9.11. The fourth-order valence-electron chi connectivity index (χ4n) is 2.82. The van der Waals surface area contributed by atoms with Crippen molar-refractivity contribution in [3.63, 3.8) is 0 Å². The van der Waals surface area contributed by atoms with Gasteiger partial charge in [0.2, 0.25) is 0 Å². The van der Waals surface area contributed by atoms with Crippen LogP contribution in [0.2, 0.25) is 0 Å². The monoisotopic (exact) mass is 301 g/mol. The van der Waals surface area contributed by atoms with Crippen molar-refractivity contribution in [2.45, 2.75) is 45.1 Å². The van der Waals surface area contributed by atoms with E-state index in [-0.39, 0.29) is 5.54 Å². The third kappa shape index (κ3) is 2.52. The Morgan fingerprint density at radius 3 is 2.88 bits per heavy atom. The molecular formula is C13H20BrNS. The number of halogens is 1. The Hall–Kier alpha value is 0.140. The predicted molar refractivity (Wildman–Crippen MR) is 74.8 cm³/mol. The van der Waals surface area contributed by atoms with Crippen LogP contribution < -0.4 is 5.73 Å². The Morgan fingerprint density at radius 1 is 1.50 bits per heavy atom. The third-order valence-corrected chi connectivity index (χ3v) is 5.82. The molecule has 0 aromatic carbocycles. The summed E-state index contributed by atoms with van der Waals surface area (Å²) in [6.45, 7) is 4.67. The number of hydrogen-bond donors (Lipinski definition) is 1.